The molecule has 0 aliphatic heterocycles. The molecule has 2 amide bonds. The fourth-order valence-corrected chi connectivity index (χ4v) is 2.34. The Hall–Kier alpha value is -2.24. The van der Waals surface area contributed by atoms with Crippen LogP contribution < -0.4 is 10.7 Å². The molecular weight excluding hydrogens is 268 g/mol. The average Bonchev–Trinajstić information content (AvgIpc) is 2.77. The Kier molecular flexibility index (Phi) is 5.87. The summed E-state index contributed by atoms with van der Waals surface area (Å²) in [6.45, 7) is 0. The van der Waals surface area contributed by atoms with Crippen molar-refractivity contribution < 1.29 is 9.59 Å². The summed E-state index contributed by atoms with van der Waals surface area (Å²) in [6, 6.07) is 3.61. The number of pyridine rings is 1. The van der Waals surface area contributed by atoms with Crippen LogP contribution in [0.4, 0.5) is 0 Å². The van der Waals surface area contributed by atoms with Crippen molar-refractivity contribution in [3.63, 3.8) is 0 Å². The van der Waals surface area contributed by atoms with Crippen LogP contribution in [-0.2, 0) is 9.59 Å². The molecule has 1 aromatic rings. The summed E-state index contributed by atoms with van der Waals surface area (Å²) in [4.78, 5) is 27.3. The third-order valence-electron chi connectivity index (χ3n) is 3.48. The molecule has 0 aromatic carbocycles. The first-order valence-electron chi connectivity index (χ1n) is 7.29. The van der Waals surface area contributed by atoms with Gasteiger partial charge in [-0.15, -0.1) is 0 Å². The predicted molar refractivity (Wildman–Crippen MR) is 79.6 cm³/mol. The minimum atomic E-state index is -0.732. The second-order valence-electron chi connectivity index (χ2n) is 5.14. The fraction of sp³-hybridized carbons (Fsp3) is 0.467. The first-order valence-corrected chi connectivity index (χ1v) is 7.29. The first kappa shape index (κ1) is 15.2. The predicted octanol–water partition coefficient (Wildman–Crippen LogP) is 1.37. The minimum absolute atomic E-state index is 0.106. The van der Waals surface area contributed by atoms with Crippen LogP contribution in [0.5, 0.6) is 0 Å². The van der Waals surface area contributed by atoms with Crippen LogP contribution in [0, 0.1) is 0 Å². The van der Waals surface area contributed by atoms with Gasteiger partial charge in [0.2, 0.25) is 0 Å². The molecule has 0 radical (unpaired) electrons. The molecule has 21 heavy (non-hydrogen) atoms. The maximum absolute atomic E-state index is 11.8. The fourth-order valence-electron chi connectivity index (χ4n) is 2.34. The Bertz CT molecular complexity index is 494. The van der Waals surface area contributed by atoms with Gasteiger partial charge in [-0.05, 0) is 30.5 Å². The molecule has 0 atom stereocenters. The van der Waals surface area contributed by atoms with Gasteiger partial charge in [0, 0.05) is 18.4 Å². The molecule has 2 rings (SSSR count). The summed E-state index contributed by atoms with van der Waals surface area (Å²) < 4.78 is 0. The van der Waals surface area contributed by atoms with Crippen LogP contribution in [0.15, 0.2) is 29.6 Å². The van der Waals surface area contributed by atoms with E-state index < -0.39 is 11.8 Å². The van der Waals surface area contributed by atoms with E-state index in [9.17, 15) is 9.59 Å². The quantitative estimate of drug-likeness (QED) is 0.381. The normalized spacial score (nSPS) is 16.4. The Morgan fingerprint density at radius 2 is 1.76 bits per heavy atom. The Morgan fingerprint density at radius 1 is 1.10 bits per heavy atom. The molecular formula is C15H20N4O2. The lowest BCUT2D eigenvalue weighted by molar-refractivity contribution is -0.139. The van der Waals surface area contributed by atoms with Crippen LogP contribution in [0.3, 0.4) is 0 Å². The Balaban J connectivity index is 1.77. The zero-order chi connectivity index (χ0) is 14.9. The number of carbonyl (C=O) groups excluding carboxylic acids is 2. The molecule has 1 saturated carbocycles. The van der Waals surface area contributed by atoms with Gasteiger partial charge in [-0.2, -0.15) is 5.10 Å². The maximum Gasteiger partial charge on any atom is 0.329 e. The first-order chi connectivity index (χ1) is 10.3. The van der Waals surface area contributed by atoms with Crippen molar-refractivity contribution in [2.24, 2.45) is 5.10 Å². The molecule has 6 heteroatoms. The van der Waals surface area contributed by atoms with Gasteiger partial charge in [-0.3, -0.25) is 14.6 Å². The van der Waals surface area contributed by atoms with Crippen molar-refractivity contribution in [3.8, 4) is 0 Å². The summed E-state index contributed by atoms with van der Waals surface area (Å²) in [5.74, 6) is -1.35. The maximum atomic E-state index is 11.8. The molecule has 6 nitrogen and oxygen atoms in total. The van der Waals surface area contributed by atoms with E-state index in [1.807, 2.05) is 0 Å². The highest BCUT2D eigenvalue weighted by Crippen LogP contribution is 2.16. The third kappa shape index (κ3) is 5.33. The molecule has 1 fully saturated rings. The molecule has 0 saturated heterocycles. The number of rotatable bonds is 3. The second-order valence-corrected chi connectivity index (χ2v) is 5.14. The van der Waals surface area contributed by atoms with Crippen molar-refractivity contribution in [1.82, 2.24) is 15.7 Å². The minimum Gasteiger partial charge on any atom is -0.345 e. The van der Waals surface area contributed by atoms with E-state index in [0.29, 0.717) is 0 Å². The van der Waals surface area contributed by atoms with E-state index in [0.717, 1.165) is 31.2 Å². The number of carbonyl (C=O) groups is 2. The lowest BCUT2D eigenvalue weighted by Crippen LogP contribution is -2.43. The zero-order valence-electron chi connectivity index (χ0n) is 11.9. The number of amides is 2. The lowest BCUT2D eigenvalue weighted by Gasteiger charge is -2.14. The van der Waals surface area contributed by atoms with Crippen molar-refractivity contribution >= 4 is 18.0 Å². The Morgan fingerprint density at radius 3 is 2.43 bits per heavy atom. The topological polar surface area (TPSA) is 83.5 Å². The molecule has 1 heterocycles. The molecule has 0 spiro atoms. The highest BCUT2D eigenvalue weighted by atomic mass is 16.2. The SMILES string of the molecule is O=C(N/N=C/c1ccncc1)C(=O)NC1CCCCCC1. The van der Waals surface area contributed by atoms with Crippen LogP contribution in [0.25, 0.3) is 0 Å². The molecule has 1 aliphatic carbocycles. The van der Waals surface area contributed by atoms with E-state index in [1.54, 1.807) is 24.5 Å². The largest absolute Gasteiger partial charge is 0.345 e. The van der Waals surface area contributed by atoms with E-state index in [2.05, 4.69) is 20.8 Å². The van der Waals surface area contributed by atoms with Gasteiger partial charge in [0.05, 0.1) is 6.21 Å². The van der Waals surface area contributed by atoms with Gasteiger partial charge in [0.1, 0.15) is 0 Å². The van der Waals surface area contributed by atoms with E-state index >= 15 is 0 Å². The molecule has 1 aromatic heterocycles. The molecule has 2 N–H and O–H groups in total. The number of hydrogen-bond acceptors (Lipinski definition) is 4. The van der Waals surface area contributed by atoms with Gasteiger partial charge in [-0.1, -0.05) is 25.7 Å². The summed E-state index contributed by atoms with van der Waals surface area (Å²) in [6.07, 6.45) is 11.2. The highest BCUT2D eigenvalue weighted by molar-refractivity contribution is 6.35. The van der Waals surface area contributed by atoms with Gasteiger partial charge in [0.15, 0.2) is 0 Å². The van der Waals surface area contributed by atoms with Gasteiger partial charge < -0.3 is 5.32 Å². The summed E-state index contributed by atoms with van der Waals surface area (Å²) in [5, 5.41) is 6.53. The van der Waals surface area contributed by atoms with Crippen LogP contribution >= 0.6 is 0 Å². The number of nitrogens with one attached hydrogen (secondary N) is 2. The smallest absolute Gasteiger partial charge is 0.329 e. The molecule has 112 valence electrons. The number of hydrogen-bond donors (Lipinski definition) is 2. The number of aromatic nitrogens is 1. The highest BCUT2D eigenvalue weighted by Gasteiger charge is 2.19. The molecule has 1 aliphatic rings. The average molecular weight is 288 g/mol. The van der Waals surface area contributed by atoms with Crippen molar-refractivity contribution in [1.29, 1.82) is 0 Å². The van der Waals surface area contributed by atoms with Gasteiger partial charge in [-0.25, -0.2) is 5.43 Å². The summed E-state index contributed by atoms with van der Waals surface area (Å²) in [5.41, 5.74) is 3.03. The van der Waals surface area contributed by atoms with Crippen LogP contribution in [0.1, 0.15) is 44.1 Å². The number of hydrazone groups is 1. The third-order valence-corrected chi connectivity index (χ3v) is 3.48. The van der Waals surface area contributed by atoms with Gasteiger partial charge >= 0.3 is 11.8 Å². The van der Waals surface area contributed by atoms with E-state index in [-0.39, 0.29) is 6.04 Å². The lowest BCUT2D eigenvalue weighted by atomic mass is 10.1. The van der Waals surface area contributed by atoms with Gasteiger partial charge in [0.25, 0.3) is 0 Å². The zero-order valence-corrected chi connectivity index (χ0v) is 11.9. The van der Waals surface area contributed by atoms with Crippen LogP contribution in [0.2, 0.25) is 0 Å². The van der Waals surface area contributed by atoms with Crippen molar-refractivity contribution in [2.45, 2.75) is 44.6 Å². The standard InChI is InChI=1S/C15H20N4O2/c20-14(18-13-5-3-1-2-4-6-13)15(21)19-17-11-12-7-9-16-10-8-12/h7-11,13H,1-6H2,(H,18,20)(H,19,21)/b17-11+. The summed E-state index contributed by atoms with van der Waals surface area (Å²) in [7, 11) is 0. The second kappa shape index (κ2) is 8.14. The van der Waals surface area contributed by atoms with Crippen molar-refractivity contribution in [3.05, 3.63) is 30.1 Å². The van der Waals surface area contributed by atoms with E-state index in [1.165, 1.54) is 19.1 Å². The van der Waals surface area contributed by atoms with Crippen LogP contribution in [-0.4, -0.2) is 29.1 Å². The molecule has 0 bridgehead atoms. The Labute approximate surface area is 124 Å². The monoisotopic (exact) mass is 288 g/mol. The van der Waals surface area contributed by atoms with E-state index in [4.69, 9.17) is 0 Å². The molecule has 0 unspecified atom stereocenters. The summed E-state index contributed by atoms with van der Waals surface area (Å²) >= 11 is 0. The number of nitrogens with zero attached hydrogens (tertiary/aromatic N) is 2. The van der Waals surface area contributed by atoms with Crippen molar-refractivity contribution in [2.75, 3.05) is 0 Å².